The lowest BCUT2D eigenvalue weighted by Crippen LogP contribution is -2.00. The molecule has 6 aromatic carbocycles. The lowest BCUT2D eigenvalue weighted by atomic mass is 10.0. The van der Waals surface area contributed by atoms with Crippen LogP contribution in [-0.4, -0.2) is 19.9 Å². The number of rotatable bonds is 3. The van der Waals surface area contributed by atoms with Crippen molar-refractivity contribution in [3.63, 3.8) is 0 Å². The Kier molecular flexibility index (Phi) is 4.93. The smallest absolute Gasteiger partial charge is 0.227 e. The number of pyridine rings is 1. The van der Waals surface area contributed by atoms with Crippen LogP contribution < -0.4 is 0 Å². The van der Waals surface area contributed by atoms with Gasteiger partial charge in [-0.3, -0.25) is 0 Å². The van der Waals surface area contributed by atoms with Crippen molar-refractivity contribution in [2.45, 2.75) is 0 Å². The van der Waals surface area contributed by atoms with Crippen molar-refractivity contribution in [1.82, 2.24) is 19.9 Å². The fourth-order valence-electron chi connectivity index (χ4n) is 6.86. The van der Waals surface area contributed by atoms with Crippen molar-refractivity contribution in [2.75, 3.05) is 0 Å². The van der Waals surface area contributed by atoms with Crippen molar-refractivity contribution in [3.05, 3.63) is 134 Å². The van der Waals surface area contributed by atoms with E-state index < -0.39 is 0 Å². The molecule has 45 heavy (non-hydrogen) atoms. The second kappa shape index (κ2) is 9.15. The number of benzene rings is 6. The molecular weight excluding hydrogens is 552 g/mol. The first-order valence-corrected chi connectivity index (χ1v) is 15.0. The largest absolute Gasteiger partial charge is 0.438 e. The van der Waals surface area contributed by atoms with E-state index in [-0.39, 0.29) is 0 Å². The van der Waals surface area contributed by atoms with Gasteiger partial charge in [0, 0.05) is 33.7 Å². The lowest BCUT2D eigenvalue weighted by molar-refractivity contribution is 0.654. The van der Waals surface area contributed by atoms with Crippen LogP contribution in [0.15, 0.2) is 138 Å². The first-order valence-electron chi connectivity index (χ1n) is 15.0. The zero-order valence-electron chi connectivity index (χ0n) is 23.9. The molecule has 0 spiro atoms. The SMILES string of the molecule is c1ccc2cc(-c3nc(-c4ccc5c(c4)-c4cccc6cccc-5c46)nc(-c4cccc5oc6ncccc6c45)n3)ccc2c1. The average molecular weight is 575 g/mol. The minimum atomic E-state index is 0.589. The summed E-state index contributed by atoms with van der Waals surface area (Å²) in [5.41, 5.74) is 9.03. The van der Waals surface area contributed by atoms with E-state index in [1.54, 1.807) is 6.20 Å². The Balaban J connectivity index is 1.22. The van der Waals surface area contributed by atoms with Crippen LogP contribution in [0.2, 0.25) is 0 Å². The van der Waals surface area contributed by atoms with Gasteiger partial charge in [0.1, 0.15) is 5.58 Å². The van der Waals surface area contributed by atoms with Gasteiger partial charge in [-0.2, -0.15) is 0 Å². The van der Waals surface area contributed by atoms with E-state index in [2.05, 4.69) is 102 Å². The first kappa shape index (κ1) is 24.3. The summed E-state index contributed by atoms with van der Waals surface area (Å²) in [6, 6.07) is 44.2. The van der Waals surface area contributed by atoms with Crippen LogP contribution in [0.4, 0.5) is 0 Å². The second-order valence-electron chi connectivity index (χ2n) is 11.5. The van der Waals surface area contributed by atoms with Crippen molar-refractivity contribution < 1.29 is 4.42 Å². The Morgan fingerprint density at radius 1 is 0.422 bits per heavy atom. The quantitative estimate of drug-likeness (QED) is 0.210. The van der Waals surface area contributed by atoms with Crippen LogP contribution in [0.5, 0.6) is 0 Å². The molecule has 0 saturated heterocycles. The summed E-state index contributed by atoms with van der Waals surface area (Å²) >= 11 is 0. The highest BCUT2D eigenvalue weighted by atomic mass is 16.3. The molecule has 208 valence electrons. The summed E-state index contributed by atoms with van der Waals surface area (Å²) in [7, 11) is 0. The van der Waals surface area contributed by atoms with E-state index in [1.165, 1.54) is 38.4 Å². The fraction of sp³-hybridized carbons (Fsp3) is 0. The van der Waals surface area contributed by atoms with Crippen LogP contribution in [0.25, 0.3) is 100 Å². The molecule has 9 aromatic rings. The zero-order chi connectivity index (χ0) is 29.5. The number of furan rings is 1. The summed E-state index contributed by atoms with van der Waals surface area (Å²) in [5.74, 6) is 1.83. The standard InChI is InChI=1S/C40H22N4O/c1-2-8-25-21-26(17-16-23(25)7-1)37-42-38(27-18-19-28-29-11-3-9-24-10-4-12-30(35(24)29)33(28)22-27)44-39(43-37)31-13-5-15-34-36(31)32-14-6-20-41-40(32)45-34/h1-22H. The summed E-state index contributed by atoms with van der Waals surface area (Å²) < 4.78 is 6.12. The highest BCUT2D eigenvalue weighted by Gasteiger charge is 2.23. The second-order valence-corrected chi connectivity index (χ2v) is 11.5. The van der Waals surface area contributed by atoms with Crippen LogP contribution >= 0.6 is 0 Å². The van der Waals surface area contributed by atoms with Crippen LogP contribution in [-0.2, 0) is 0 Å². The normalized spacial score (nSPS) is 12.0. The predicted molar refractivity (Wildman–Crippen MR) is 181 cm³/mol. The zero-order valence-corrected chi connectivity index (χ0v) is 23.9. The number of fused-ring (bicyclic) bond motifs is 7. The molecule has 0 amide bonds. The van der Waals surface area contributed by atoms with E-state index in [0.29, 0.717) is 23.2 Å². The predicted octanol–water partition coefficient (Wildman–Crippen LogP) is 10.1. The van der Waals surface area contributed by atoms with Gasteiger partial charge >= 0.3 is 0 Å². The summed E-state index contributed by atoms with van der Waals surface area (Å²) in [5, 5.41) is 6.73. The van der Waals surface area contributed by atoms with E-state index in [1.807, 2.05) is 30.3 Å². The summed E-state index contributed by atoms with van der Waals surface area (Å²) in [4.78, 5) is 19.8. The van der Waals surface area contributed by atoms with Gasteiger partial charge < -0.3 is 4.42 Å². The average Bonchev–Trinajstić information content (AvgIpc) is 3.65. The molecule has 0 saturated carbocycles. The van der Waals surface area contributed by atoms with Crippen LogP contribution in [0.3, 0.4) is 0 Å². The highest BCUT2D eigenvalue weighted by Crippen LogP contribution is 2.48. The van der Waals surface area contributed by atoms with E-state index in [0.717, 1.165) is 38.4 Å². The minimum Gasteiger partial charge on any atom is -0.438 e. The first-order chi connectivity index (χ1) is 22.3. The highest BCUT2D eigenvalue weighted by molar-refractivity contribution is 6.15. The molecule has 1 aliphatic carbocycles. The molecule has 0 aliphatic heterocycles. The van der Waals surface area contributed by atoms with E-state index in [4.69, 9.17) is 19.4 Å². The maximum absolute atomic E-state index is 6.12. The van der Waals surface area contributed by atoms with Gasteiger partial charge in [-0.05, 0) is 74.1 Å². The molecule has 5 nitrogen and oxygen atoms in total. The van der Waals surface area contributed by atoms with Crippen LogP contribution in [0.1, 0.15) is 0 Å². The minimum absolute atomic E-state index is 0.589. The Labute approximate surface area is 257 Å². The van der Waals surface area contributed by atoms with Gasteiger partial charge in [-0.1, -0.05) is 97.1 Å². The molecule has 10 rings (SSSR count). The van der Waals surface area contributed by atoms with Crippen molar-refractivity contribution in [2.24, 2.45) is 0 Å². The van der Waals surface area contributed by atoms with Gasteiger partial charge in [-0.25, -0.2) is 19.9 Å². The topological polar surface area (TPSA) is 64.7 Å². The molecule has 3 heterocycles. The van der Waals surface area contributed by atoms with Crippen molar-refractivity contribution in [3.8, 4) is 56.4 Å². The van der Waals surface area contributed by atoms with Gasteiger partial charge in [0.15, 0.2) is 17.5 Å². The molecule has 1 aliphatic rings. The lowest BCUT2D eigenvalue weighted by Gasteiger charge is -2.11. The Bertz CT molecular complexity index is 2670. The Hall–Kier alpha value is -6.20. The number of nitrogens with zero attached hydrogens (tertiary/aromatic N) is 4. The van der Waals surface area contributed by atoms with Gasteiger partial charge in [0.2, 0.25) is 5.71 Å². The van der Waals surface area contributed by atoms with E-state index >= 15 is 0 Å². The number of hydrogen-bond acceptors (Lipinski definition) is 5. The third kappa shape index (κ3) is 3.61. The molecule has 0 N–H and O–H groups in total. The Morgan fingerprint density at radius 2 is 1.11 bits per heavy atom. The molecule has 0 unspecified atom stereocenters. The van der Waals surface area contributed by atoms with Crippen molar-refractivity contribution in [1.29, 1.82) is 0 Å². The number of hydrogen-bond donors (Lipinski definition) is 0. The number of aromatic nitrogens is 4. The van der Waals surface area contributed by atoms with Gasteiger partial charge in [-0.15, -0.1) is 0 Å². The van der Waals surface area contributed by atoms with E-state index in [9.17, 15) is 0 Å². The maximum Gasteiger partial charge on any atom is 0.227 e. The Morgan fingerprint density at radius 3 is 1.98 bits per heavy atom. The van der Waals surface area contributed by atoms with Crippen LogP contribution in [0, 0.1) is 0 Å². The fourth-order valence-corrected chi connectivity index (χ4v) is 6.86. The molecular formula is C40H22N4O. The van der Waals surface area contributed by atoms with Gasteiger partial charge in [0.25, 0.3) is 0 Å². The molecule has 3 aromatic heterocycles. The van der Waals surface area contributed by atoms with Gasteiger partial charge in [0.05, 0.1) is 0 Å². The summed E-state index contributed by atoms with van der Waals surface area (Å²) in [6.07, 6.45) is 1.75. The third-order valence-electron chi connectivity index (χ3n) is 8.92. The monoisotopic (exact) mass is 574 g/mol. The molecule has 5 heteroatoms. The third-order valence-corrected chi connectivity index (χ3v) is 8.92. The van der Waals surface area contributed by atoms with Crippen molar-refractivity contribution >= 4 is 43.6 Å². The molecule has 0 radical (unpaired) electrons. The molecule has 0 atom stereocenters. The molecule has 0 fully saturated rings. The summed E-state index contributed by atoms with van der Waals surface area (Å²) in [6.45, 7) is 0. The maximum atomic E-state index is 6.12. The molecule has 0 bridgehead atoms.